The maximum absolute atomic E-state index is 11.8. The number of rotatable bonds is 14. The number of nitrogens with zero attached hydrogens (tertiary/aromatic N) is 8. The zero-order valence-electron chi connectivity index (χ0n) is 61.8. The van der Waals surface area contributed by atoms with Crippen molar-refractivity contribution in [1.82, 2.24) is 39.9 Å². The Bertz CT molecular complexity index is 2950. The van der Waals surface area contributed by atoms with Crippen LogP contribution in [0.3, 0.4) is 0 Å². The van der Waals surface area contributed by atoms with Crippen LogP contribution in [0.5, 0.6) is 0 Å². The number of halogens is 3. The summed E-state index contributed by atoms with van der Waals surface area (Å²) < 4.78 is 35.5. The molecule has 0 saturated carbocycles. The van der Waals surface area contributed by atoms with Gasteiger partial charge in [0, 0.05) is 188 Å². The van der Waals surface area contributed by atoms with Crippen LogP contribution in [0.15, 0.2) is 147 Å². The minimum atomic E-state index is -4.65. The van der Waals surface area contributed by atoms with E-state index in [4.69, 9.17) is 20.4 Å². The van der Waals surface area contributed by atoms with Gasteiger partial charge in [-0.15, -0.1) is 144 Å². The van der Waals surface area contributed by atoms with Gasteiger partial charge < -0.3 is 60.8 Å². The van der Waals surface area contributed by atoms with E-state index in [1.54, 1.807) is 77.3 Å². The first-order valence-electron chi connectivity index (χ1n) is 32.6. The molecule has 4 aromatic carbocycles. The van der Waals surface area contributed by atoms with Gasteiger partial charge >= 0.3 is 6.18 Å². The van der Waals surface area contributed by atoms with Crippen molar-refractivity contribution in [2.45, 2.75) is 225 Å². The SMILES string of the molecule is CC(C)(C)C(O)CC(O)C(C)(C)C.CC(C)(C)C(O)CC(O)C(F)(F)F.CC(O)CC(O)C(C)(C)C.CCC(O)CC(O)CC.Cc1nccnc1-c1[c-]cccc1.Cc1nccnc1-c1[c-]cccc1.Cc1nccnc1-c1[c-]cccc1.Cc1nccnc1-c1[c-]cccc1.[Ir].[Ir].[Ir].[Ir]. The molecule has 16 nitrogen and oxygen atoms in total. The van der Waals surface area contributed by atoms with Gasteiger partial charge in [-0.25, -0.2) is 0 Å². The maximum Gasteiger partial charge on any atom is 0.414 e. The number of aromatic nitrogens is 8. The van der Waals surface area contributed by atoms with Gasteiger partial charge in [-0.2, -0.15) is 13.2 Å². The summed E-state index contributed by atoms with van der Waals surface area (Å²) in [5.74, 6) is 0. The largest absolute Gasteiger partial charge is 0.414 e. The molecule has 0 bridgehead atoms. The van der Waals surface area contributed by atoms with Crippen LogP contribution in [0.2, 0.25) is 0 Å². The van der Waals surface area contributed by atoms with Gasteiger partial charge in [-0.1, -0.05) is 96.9 Å². The minimum absolute atomic E-state index is 0. The molecule has 0 spiro atoms. The van der Waals surface area contributed by atoms with Gasteiger partial charge in [-0.05, 0) is 82.0 Å². The molecule has 8 atom stereocenters. The van der Waals surface area contributed by atoms with Crippen molar-refractivity contribution in [3.63, 3.8) is 0 Å². The zero-order valence-corrected chi connectivity index (χ0v) is 71.4. The number of hydrogen-bond donors (Lipinski definition) is 8. The summed E-state index contributed by atoms with van der Waals surface area (Å²) in [6.07, 6.45) is 5.21. The minimum Gasteiger partial charge on any atom is -0.393 e. The van der Waals surface area contributed by atoms with Gasteiger partial charge in [0.2, 0.25) is 0 Å². The first-order chi connectivity index (χ1) is 45.1. The van der Waals surface area contributed by atoms with E-state index in [-0.39, 0.29) is 109 Å². The van der Waals surface area contributed by atoms with Crippen LogP contribution in [0, 0.1) is 73.6 Å². The first-order valence-corrected chi connectivity index (χ1v) is 32.6. The molecule has 0 aliphatic carbocycles. The van der Waals surface area contributed by atoms with Crippen LogP contribution >= 0.6 is 0 Å². The summed E-state index contributed by atoms with van der Waals surface area (Å²) in [7, 11) is 0. The van der Waals surface area contributed by atoms with E-state index >= 15 is 0 Å². The van der Waals surface area contributed by atoms with Gasteiger partial charge in [0.15, 0.2) is 6.10 Å². The topological polar surface area (TPSA) is 265 Å². The van der Waals surface area contributed by atoms with Crippen LogP contribution in [0.4, 0.5) is 13.2 Å². The molecule has 0 saturated heterocycles. The Morgan fingerprint density at radius 1 is 0.327 bits per heavy atom. The number of aryl methyl sites for hydroxylation is 4. The second kappa shape index (κ2) is 52.3. The second-order valence-electron chi connectivity index (χ2n) is 27.6. The molecule has 101 heavy (non-hydrogen) atoms. The van der Waals surface area contributed by atoms with Crippen LogP contribution in [0.25, 0.3) is 45.0 Å². The zero-order chi connectivity index (χ0) is 73.7. The molecule has 0 aliphatic heterocycles. The van der Waals surface area contributed by atoms with Crippen molar-refractivity contribution in [2.75, 3.05) is 0 Å². The van der Waals surface area contributed by atoms with Gasteiger partial charge in [0.1, 0.15) is 0 Å². The summed E-state index contributed by atoms with van der Waals surface area (Å²) in [5, 5.41) is 73.7. The predicted octanol–water partition coefficient (Wildman–Crippen LogP) is 15.0. The Labute approximate surface area is 654 Å². The standard InChI is InChI=1S/4C11H9N2.C11H24O2.C8H15F3O2.C8H18O2.C7H16O2.4Ir/c4*1-9-11(13-8-7-12-9)10-5-3-2-4-6-10;1-10(2,3)8(12)7-9(13)11(4,5)6;1-7(2,3)5(12)4-6(13)8(9,10)11;1-6(9)5-7(10)8(2,3)4;1-3-6(8)5-7(9)4-2;;;;/h4*2-5,7-8H,1H3;8-9,12-13H,7H2,1-6H3;5-6,12-13H,4H2,1-3H3;6-7,9-10H,5H2,1-4H3;6-9H,3-5H2,1-2H3;;;;/q4*-1;;;;;;;;. The number of hydrogen-bond acceptors (Lipinski definition) is 16. The van der Waals surface area contributed by atoms with Crippen molar-refractivity contribution in [3.8, 4) is 45.0 Å². The predicted molar refractivity (Wildman–Crippen MR) is 381 cm³/mol. The van der Waals surface area contributed by atoms with Crippen LogP contribution in [-0.4, -0.2) is 136 Å². The smallest absolute Gasteiger partial charge is 0.393 e. The van der Waals surface area contributed by atoms with Crippen LogP contribution in [-0.2, 0) is 80.4 Å². The molecular weight excluding hydrogens is 2000 g/mol. The van der Waals surface area contributed by atoms with E-state index in [1.807, 2.05) is 201 Å². The third-order valence-corrected chi connectivity index (χ3v) is 14.7. The molecule has 0 aliphatic rings. The molecule has 23 heteroatoms. The normalized spacial score (nSPS) is 13.2. The molecule has 570 valence electrons. The van der Waals surface area contributed by atoms with Crippen molar-refractivity contribution in [3.05, 3.63) is 194 Å². The van der Waals surface area contributed by atoms with E-state index in [0.29, 0.717) is 19.3 Å². The van der Waals surface area contributed by atoms with Gasteiger partial charge in [-0.3, -0.25) is 19.9 Å². The molecule has 4 aromatic heterocycles. The average molecular weight is 2110 g/mol. The molecule has 0 amide bonds. The molecule has 8 aromatic rings. The summed E-state index contributed by atoms with van der Waals surface area (Å²) in [6, 6.07) is 43.6. The number of aliphatic hydroxyl groups is 8. The number of aliphatic hydroxyl groups excluding tert-OH is 8. The number of alkyl halides is 3. The summed E-state index contributed by atoms with van der Waals surface area (Å²) >= 11 is 0. The summed E-state index contributed by atoms with van der Waals surface area (Å²) in [5.41, 5.74) is 10.3. The fourth-order valence-corrected chi connectivity index (χ4v) is 7.79. The molecule has 8 rings (SSSR count). The first kappa shape index (κ1) is 103. The third-order valence-electron chi connectivity index (χ3n) is 14.7. The monoisotopic (exact) mass is 2110 g/mol. The molecule has 8 unspecified atom stereocenters. The Morgan fingerprint density at radius 2 is 0.535 bits per heavy atom. The summed E-state index contributed by atoms with van der Waals surface area (Å²) in [6.45, 7) is 35.9. The van der Waals surface area contributed by atoms with Crippen molar-refractivity contribution < 1.29 is 134 Å². The second-order valence-corrected chi connectivity index (χ2v) is 27.6. The van der Waals surface area contributed by atoms with Gasteiger partial charge in [0.05, 0.1) is 42.7 Å². The maximum atomic E-state index is 11.8. The molecular formula is C78H109F3Ir4N8O8-4. The van der Waals surface area contributed by atoms with Crippen molar-refractivity contribution in [2.24, 2.45) is 21.7 Å². The fraction of sp³-hybridized carbons (Fsp3) is 0.487. The number of benzene rings is 4. The molecule has 4 heterocycles. The van der Waals surface area contributed by atoms with Gasteiger partial charge in [0.25, 0.3) is 0 Å². The third kappa shape index (κ3) is 44.0. The Hall–Kier alpha value is -4.73. The van der Waals surface area contributed by atoms with Crippen LogP contribution in [0.1, 0.15) is 165 Å². The van der Waals surface area contributed by atoms with Crippen molar-refractivity contribution >= 4 is 0 Å². The van der Waals surface area contributed by atoms with E-state index < -0.39 is 54.6 Å². The van der Waals surface area contributed by atoms with Crippen molar-refractivity contribution in [1.29, 1.82) is 0 Å². The van der Waals surface area contributed by atoms with E-state index in [1.165, 1.54) is 0 Å². The molecule has 4 radical (unpaired) electrons. The Balaban J connectivity index is -0.000000531. The van der Waals surface area contributed by atoms with Crippen LogP contribution < -0.4 is 0 Å². The summed E-state index contributed by atoms with van der Waals surface area (Å²) in [4.78, 5) is 33.7. The van der Waals surface area contributed by atoms with E-state index in [9.17, 15) is 33.6 Å². The molecule has 8 N–H and O–H groups in total. The van der Waals surface area contributed by atoms with E-state index in [2.05, 4.69) is 64.1 Å². The fourth-order valence-electron chi connectivity index (χ4n) is 7.79. The van der Waals surface area contributed by atoms with E-state index in [0.717, 1.165) is 80.6 Å². The Morgan fingerprint density at radius 3 is 0.693 bits per heavy atom. The quantitative estimate of drug-likeness (QED) is 0.0471. The molecule has 0 fully saturated rings. The average Bonchev–Trinajstić information content (AvgIpc) is 0.886. The Kier molecular flexibility index (Phi) is 53.1.